The summed E-state index contributed by atoms with van der Waals surface area (Å²) in [6.45, 7) is 0. The zero-order valence-electron chi connectivity index (χ0n) is 11.8. The predicted molar refractivity (Wildman–Crippen MR) is 96.4 cm³/mol. The zero-order valence-corrected chi connectivity index (χ0v) is 11.8. The van der Waals surface area contributed by atoms with Crippen LogP contribution >= 0.6 is 0 Å². The number of anilines is 2. The number of benzene rings is 5. The molecule has 0 fully saturated rings. The van der Waals surface area contributed by atoms with E-state index in [1.165, 1.54) is 43.1 Å². The summed E-state index contributed by atoms with van der Waals surface area (Å²) in [6.07, 6.45) is 0. The molecular formula is C20H12N2. The normalized spacial score (nSPS) is 12.9. The molecule has 0 amide bonds. The lowest BCUT2D eigenvalue weighted by molar-refractivity contribution is 1.79. The van der Waals surface area contributed by atoms with Crippen molar-refractivity contribution in [2.45, 2.75) is 0 Å². The van der Waals surface area contributed by atoms with Crippen LogP contribution in [0.4, 0.5) is 11.4 Å². The maximum atomic E-state index is 6.34. The molecule has 0 saturated carbocycles. The van der Waals surface area contributed by atoms with Crippen molar-refractivity contribution in [1.82, 2.24) is 0 Å². The molecule has 6 aromatic carbocycles. The van der Waals surface area contributed by atoms with Crippen LogP contribution in [-0.2, 0) is 0 Å². The highest BCUT2D eigenvalue weighted by Crippen LogP contribution is 2.51. The van der Waals surface area contributed by atoms with E-state index in [-0.39, 0.29) is 0 Å². The molecule has 0 radical (unpaired) electrons. The summed E-state index contributed by atoms with van der Waals surface area (Å²) < 4.78 is 0. The molecule has 0 unspecified atom stereocenters. The van der Waals surface area contributed by atoms with Crippen molar-refractivity contribution in [1.29, 1.82) is 0 Å². The maximum absolute atomic E-state index is 6.34. The Morgan fingerprint density at radius 2 is 0.727 bits per heavy atom. The highest BCUT2D eigenvalue weighted by molar-refractivity contribution is 6.46. The van der Waals surface area contributed by atoms with Crippen LogP contribution in [0.5, 0.6) is 0 Å². The second kappa shape index (κ2) is 3.09. The van der Waals surface area contributed by atoms with E-state index >= 15 is 0 Å². The Bertz CT molecular complexity index is 1230. The van der Waals surface area contributed by atoms with Gasteiger partial charge in [0.1, 0.15) is 0 Å². The monoisotopic (exact) mass is 280 g/mol. The van der Waals surface area contributed by atoms with Gasteiger partial charge in [-0.1, -0.05) is 48.5 Å². The van der Waals surface area contributed by atoms with Crippen molar-refractivity contribution in [2.75, 3.05) is 11.5 Å². The summed E-state index contributed by atoms with van der Waals surface area (Å²) in [5, 5.41) is 12.6. The van der Waals surface area contributed by atoms with Gasteiger partial charge in [-0.05, 0) is 32.3 Å². The van der Waals surface area contributed by atoms with Gasteiger partial charge in [0.15, 0.2) is 0 Å². The Labute approximate surface area is 125 Å². The second-order valence-electron chi connectivity index (χ2n) is 6.23. The average Bonchev–Trinajstić information content (AvgIpc) is 2.92. The Balaban J connectivity index is 2.24. The van der Waals surface area contributed by atoms with E-state index in [0.717, 1.165) is 10.8 Å². The lowest BCUT2D eigenvalue weighted by atomic mass is 9.97. The molecule has 6 aromatic rings. The predicted octanol–water partition coefficient (Wildman–Crippen LogP) is 4.93. The van der Waals surface area contributed by atoms with Gasteiger partial charge in [-0.3, -0.25) is 0 Å². The molecule has 0 aromatic heterocycles. The first-order valence-corrected chi connectivity index (χ1v) is 7.47. The molecule has 0 saturated heterocycles. The van der Waals surface area contributed by atoms with Crippen LogP contribution in [0.3, 0.4) is 0 Å². The largest absolute Gasteiger partial charge is 0.397 e. The molecule has 4 N–H and O–H groups in total. The Kier molecular flexibility index (Phi) is 1.50. The standard InChI is InChI=1S/C20H12N2/c21-19-12-7-5-10-3-1-9-2-4-11-6-8-13(20(19)22)18-16(11)14(9)15(10)17(12)18/h1-8H,21-22H2. The molecule has 0 aliphatic rings. The molecule has 0 aliphatic heterocycles. The fourth-order valence-corrected chi connectivity index (χ4v) is 4.31. The minimum atomic E-state index is 0.702. The van der Waals surface area contributed by atoms with Gasteiger partial charge >= 0.3 is 0 Å². The van der Waals surface area contributed by atoms with Gasteiger partial charge in [-0.15, -0.1) is 0 Å². The van der Waals surface area contributed by atoms with E-state index in [1.807, 2.05) is 0 Å². The van der Waals surface area contributed by atoms with Crippen molar-refractivity contribution in [3.8, 4) is 0 Å². The molecule has 102 valence electrons. The first-order chi connectivity index (χ1) is 10.8. The molecule has 0 spiro atoms. The lowest BCUT2D eigenvalue weighted by Gasteiger charge is -2.11. The van der Waals surface area contributed by atoms with Gasteiger partial charge in [0.2, 0.25) is 0 Å². The summed E-state index contributed by atoms with van der Waals surface area (Å²) in [6, 6.07) is 17.4. The van der Waals surface area contributed by atoms with Crippen LogP contribution in [-0.4, -0.2) is 0 Å². The van der Waals surface area contributed by atoms with Crippen molar-refractivity contribution in [3.05, 3.63) is 48.5 Å². The third kappa shape index (κ3) is 0.914. The van der Waals surface area contributed by atoms with Crippen LogP contribution < -0.4 is 11.5 Å². The fraction of sp³-hybridized carbons (Fsp3) is 0. The molecule has 2 heteroatoms. The molecule has 0 heterocycles. The van der Waals surface area contributed by atoms with E-state index in [2.05, 4.69) is 48.5 Å². The quantitative estimate of drug-likeness (QED) is 0.306. The number of hydrogen-bond acceptors (Lipinski definition) is 2. The van der Waals surface area contributed by atoms with Crippen molar-refractivity contribution < 1.29 is 0 Å². The third-order valence-corrected chi connectivity index (χ3v) is 5.27. The Morgan fingerprint density at radius 1 is 0.409 bits per heavy atom. The van der Waals surface area contributed by atoms with Gasteiger partial charge in [-0.25, -0.2) is 0 Å². The molecule has 2 nitrogen and oxygen atoms in total. The van der Waals surface area contributed by atoms with Crippen molar-refractivity contribution in [2.24, 2.45) is 0 Å². The zero-order chi connectivity index (χ0) is 14.6. The molecule has 0 bridgehead atoms. The Hall–Kier alpha value is -3.00. The average molecular weight is 280 g/mol. The van der Waals surface area contributed by atoms with Gasteiger partial charge < -0.3 is 11.5 Å². The lowest BCUT2D eigenvalue weighted by Crippen LogP contribution is -1.97. The van der Waals surface area contributed by atoms with Crippen LogP contribution in [0.15, 0.2) is 48.5 Å². The van der Waals surface area contributed by atoms with E-state index in [1.54, 1.807) is 0 Å². The SMILES string of the molecule is Nc1c(N)c2ccc3ccc4ccc5ccc1c1c5c4c3c21. The van der Waals surface area contributed by atoms with E-state index in [0.29, 0.717) is 11.4 Å². The van der Waals surface area contributed by atoms with Crippen molar-refractivity contribution >= 4 is 65.2 Å². The van der Waals surface area contributed by atoms with Crippen LogP contribution in [0, 0.1) is 0 Å². The minimum Gasteiger partial charge on any atom is -0.397 e. The van der Waals surface area contributed by atoms with Gasteiger partial charge in [-0.2, -0.15) is 0 Å². The van der Waals surface area contributed by atoms with Gasteiger partial charge in [0, 0.05) is 21.5 Å². The first-order valence-electron chi connectivity index (χ1n) is 7.47. The van der Waals surface area contributed by atoms with Crippen LogP contribution in [0.25, 0.3) is 53.9 Å². The second-order valence-corrected chi connectivity index (χ2v) is 6.23. The highest BCUT2D eigenvalue weighted by Gasteiger charge is 2.22. The molecule has 6 rings (SSSR count). The topological polar surface area (TPSA) is 52.0 Å². The molecule has 0 aliphatic carbocycles. The van der Waals surface area contributed by atoms with Gasteiger partial charge in [0.05, 0.1) is 11.4 Å². The summed E-state index contributed by atoms with van der Waals surface area (Å²) in [7, 11) is 0. The number of hydrogen-bond donors (Lipinski definition) is 2. The molecule has 0 atom stereocenters. The fourth-order valence-electron chi connectivity index (χ4n) is 4.31. The molecular weight excluding hydrogens is 268 g/mol. The van der Waals surface area contributed by atoms with Crippen LogP contribution in [0.1, 0.15) is 0 Å². The van der Waals surface area contributed by atoms with Crippen LogP contribution in [0.2, 0.25) is 0 Å². The highest BCUT2D eigenvalue weighted by atomic mass is 14.7. The summed E-state index contributed by atoms with van der Waals surface area (Å²) >= 11 is 0. The number of nitrogen functional groups attached to an aromatic ring is 2. The third-order valence-electron chi connectivity index (χ3n) is 5.27. The first kappa shape index (κ1) is 10.7. The molecule has 22 heavy (non-hydrogen) atoms. The smallest absolute Gasteiger partial charge is 0.0634 e. The number of nitrogens with two attached hydrogens (primary N) is 2. The van der Waals surface area contributed by atoms with E-state index in [4.69, 9.17) is 11.5 Å². The summed E-state index contributed by atoms with van der Waals surface area (Å²) in [5.41, 5.74) is 14.1. The van der Waals surface area contributed by atoms with E-state index < -0.39 is 0 Å². The minimum absolute atomic E-state index is 0.702. The maximum Gasteiger partial charge on any atom is 0.0634 e. The Morgan fingerprint density at radius 3 is 1.14 bits per heavy atom. The van der Waals surface area contributed by atoms with Gasteiger partial charge in [0.25, 0.3) is 0 Å². The van der Waals surface area contributed by atoms with Crippen molar-refractivity contribution in [3.63, 3.8) is 0 Å². The summed E-state index contributed by atoms with van der Waals surface area (Å²) in [5.74, 6) is 0. The van der Waals surface area contributed by atoms with E-state index in [9.17, 15) is 0 Å². The summed E-state index contributed by atoms with van der Waals surface area (Å²) in [4.78, 5) is 0. The number of rotatable bonds is 0.